The molecule has 1 heterocycles. The molecule has 1 aromatic heterocycles. The molecule has 0 aromatic carbocycles. The summed E-state index contributed by atoms with van der Waals surface area (Å²) in [7, 11) is 0. The van der Waals surface area contributed by atoms with E-state index in [4.69, 9.17) is 9.84 Å². The lowest BCUT2D eigenvalue weighted by atomic mass is 9.82. The highest BCUT2D eigenvalue weighted by Crippen LogP contribution is 2.37. The first kappa shape index (κ1) is 13.0. The van der Waals surface area contributed by atoms with Crippen molar-refractivity contribution in [2.75, 3.05) is 13.2 Å². The van der Waals surface area contributed by atoms with E-state index in [9.17, 15) is 4.79 Å². The molecule has 0 bridgehead atoms. The molecule has 1 aliphatic rings. The maximum atomic E-state index is 11.1. The van der Waals surface area contributed by atoms with Gasteiger partial charge in [-0.25, -0.2) is 9.48 Å². The second-order valence-electron chi connectivity index (χ2n) is 4.53. The van der Waals surface area contributed by atoms with Gasteiger partial charge in [0.1, 0.15) is 0 Å². The molecule has 1 N–H and O–H groups in total. The van der Waals surface area contributed by atoms with Gasteiger partial charge in [-0.3, -0.25) is 0 Å². The molecule has 0 saturated heterocycles. The SMILES string of the molecule is CCOCCCn1nnc(C(=O)O)c1C1CCC1. The smallest absolute Gasteiger partial charge is 0.358 e. The molecule has 0 unspecified atom stereocenters. The lowest BCUT2D eigenvalue weighted by Gasteiger charge is -2.26. The maximum absolute atomic E-state index is 11.1. The van der Waals surface area contributed by atoms with Crippen LogP contribution < -0.4 is 0 Å². The zero-order chi connectivity index (χ0) is 13.0. The first-order valence-electron chi connectivity index (χ1n) is 6.48. The number of nitrogens with zero attached hydrogens (tertiary/aromatic N) is 3. The van der Waals surface area contributed by atoms with E-state index in [1.54, 1.807) is 4.68 Å². The van der Waals surface area contributed by atoms with Gasteiger partial charge in [-0.1, -0.05) is 11.6 Å². The molecule has 0 radical (unpaired) electrons. The van der Waals surface area contributed by atoms with E-state index >= 15 is 0 Å². The summed E-state index contributed by atoms with van der Waals surface area (Å²) in [5.41, 5.74) is 0.918. The summed E-state index contributed by atoms with van der Waals surface area (Å²) in [6, 6.07) is 0. The van der Waals surface area contributed by atoms with Crippen LogP contribution in [-0.2, 0) is 11.3 Å². The summed E-state index contributed by atoms with van der Waals surface area (Å²) in [6.07, 6.45) is 4.07. The average Bonchev–Trinajstić information content (AvgIpc) is 2.66. The molecule has 0 aliphatic heterocycles. The number of carboxylic acids is 1. The molecule has 1 aliphatic carbocycles. The molecule has 100 valence electrons. The molecule has 6 nitrogen and oxygen atoms in total. The standard InChI is InChI=1S/C12H19N3O3/c1-2-18-8-4-7-15-11(9-5-3-6-9)10(12(16)17)13-14-15/h9H,2-8H2,1H3,(H,16,17). The van der Waals surface area contributed by atoms with Gasteiger partial charge < -0.3 is 9.84 Å². The Labute approximate surface area is 106 Å². The van der Waals surface area contributed by atoms with E-state index in [1.165, 1.54) is 0 Å². The van der Waals surface area contributed by atoms with E-state index in [2.05, 4.69) is 10.3 Å². The highest BCUT2D eigenvalue weighted by atomic mass is 16.5. The van der Waals surface area contributed by atoms with Gasteiger partial charge in [-0.15, -0.1) is 5.10 Å². The van der Waals surface area contributed by atoms with Crippen molar-refractivity contribution in [1.82, 2.24) is 15.0 Å². The molecule has 0 spiro atoms. The van der Waals surface area contributed by atoms with Crippen molar-refractivity contribution in [2.24, 2.45) is 0 Å². The fraction of sp³-hybridized carbons (Fsp3) is 0.750. The van der Waals surface area contributed by atoms with Crippen LogP contribution in [0.3, 0.4) is 0 Å². The Morgan fingerprint density at radius 1 is 1.56 bits per heavy atom. The molecule has 1 aromatic rings. The quantitative estimate of drug-likeness (QED) is 0.748. The van der Waals surface area contributed by atoms with E-state index in [-0.39, 0.29) is 5.69 Å². The first-order chi connectivity index (χ1) is 8.74. The zero-order valence-corrected chi connectivity index (χ0v) is 10.6. The number of aromatic carboxylic acids is 1. The molecule has 1 fully saturated rings. The van der Waals surface area contributed by atoms with Crippen molar-refractivity contribution >= 4 is 5.97 Å². The van der Waals surface area contributed by atoms with E-state index in [1.807, 2.05) is 6.92 Å². The second kappa shape index (κ2) is 5.95. The minimum absolute atomic E-state index is 0.121. The Morgan fingerprint density at radius 3 is 2.89 bits per heavy atom. The summed E-state index contributed by atoms with van der Waals surface area (Å²) < 4.78 is 7.01. The Morgan fingerprint density at radius 2 is 2.33 bits per heavy atom. The van der Waals surface area contributed by atoms with E-state index < -0.39 is 5.97 Å². The summed E-state index contributed by atoms with van der Waals surface area (Å²) in [5, 5.41) is 16.9. The van der Waals surface area contributed by atoms with Gasteiger partial charge in [0, 0.05) is 25.7 Å². The number of aryl methyl sites for hydroxylation is 1. The topological polar surface area (TPSA) is 77.2 Å². The number of ether oxygens (including phenoxy) is 1. The third-order valence-electron chi connectivity index (χ3n) is 3.33. The van der Waals surface area contributed by atoms with Crippen LogP contribution in [0.5, 0.6) is 0 Å². The molecule has 2 rings (SSSR count). The largest absolute Gasteiger partial charge is 0.476 e. The highest BCUT2D eigenvalue weighted by Gasteiger charge is 2.30. The monoisotopic (exact) mass is 253 g/mol. The van der Waals surface area contributed by atoms with Gasteiger partial charge in [-0.05, 0) is 26.2 Å². The number of carbonyl (C=O) groups is 1. The van der Waals surface area contributed by atoms with Crippen molar-refractivity contribution < 1.29 is 14.6 Å². The lowest BCUT2D eigenvalue weighted by Crippen LogP contribution is -2.18. The van der Waals surface area contributed by atoms with Crippen molar-refractivity contribution in [1.29, 1.82) is 0 Å². The number of hydrogen-bond donors (Lipinski definition) is 1. The molecule has 0 atom stereocenters. The predicted molar refractivity (Wildman–Crippen MR) is 64.7 cm³/mol. The van der Waals surface area contributed by atoms with Crippen molar-refractivity contribution in [3.63, 3.8) is 0 Å². The Hall–Kier alpha value is -1.43. The van der Waals surface area contributed by atoms with Crippen LogP contribution in [0.1, 0.15) is 54.7 Å². The van der Waals surface area contributed by atoms with Gasteiger partial charge in [0.25, 0.3) is 0 Å². The number of hydrogen-bond acceptors (Lipinski definition) is 4. The normalized spacial score (nSPS) is 15.6. The fourth-order valence-corrected chi connectivity index (χ4v) is 2.18. The van der Waals surface area contributed by atoms with Crippen LogP contribution in [0, 0.1) is 0 Å². The third-order valence-corrected chi connectivity index (χ3v) is 3.33. The Balaban J connectivity index is 2.06. The fourth-order valence-electron chi connectivity index (χ4n) is 2.18. The summed E-state index contributed by atoms with van der Waals surface area (Å²) in [6.45, 7) is 4.00. The zero-order valence-electron chi connectivity index (χ0n) is 10.6. The van der Waals surface area contributed by atoms with Gasteiger partial charge in [-0.2, -0.15) is 0 Å². The average molecular weight is 253 g/mol. The van der Waals surface area contributed by atoms with Crippen molar-refractivity contribution in [3.05, 3.63) is 11.4 Å². The van der Waals surface area contributed by atoms with E-state index in [0.29, 0.717) is 25.7 Å². The van der Waals surface area contributed by atoms with Crippen molar-refractivity contribution in [3.8, 4) is 0 Å². The summed E-state index contributed by atoms with van der Waals surface area (Å²) in [4.78, 5) is 11.1. The number of carboxylic acid groups (broad SMARTS) is 1. The predicted octanol–water partition coefficient (Wildman–Crippen LogP) is 1.67. The van der Waals surface area contributed by atoms with Crippen LogP contribution >= 0.6 is 0 Å². The first-order valence-corrected chi connectivity index (χ1v) is 6.48. The molecule has 0 amide bonds. The van der Waals surface area contributed by atoms with Crippen LogP contribution in [0.4, 0.5) is 0 Å². The maximum Gasteiger partial charge on any atom is 0.358 e. The lowest BCUT2D eigenvalue weighted by molar-refractivity contribution is 0.0687. The minimum atomic E-state index is -0.979. The molecule has 6 heteroatoms. The summed E-state index contributed by atoms with van der Waals surface area (Å²) in [5.74, 6) is -0.661. The van der Waals surface area contributed by atoms with Gasteiger partial charge >= 0.3 is 5.97 Å². The molecular weight excluding hydrogens is 234 g/mol. The number of aromatic nitrogens is 3. The van der Waals surface area contributed by atoms with Crippen LogP contribution in [0.2, 0.25) is 0 Å². The van der Waals surface area contributed by atoms with Crippen LogP contribution in [0.15, 0.2) is 0 Å². The Bertz CT molecular complexity index is 413. The van der Waals surface area contributed by atoms with Gasteiger partial charge in [0.15, 0.2) is 5.69 Å². The van der Waals surface area contributed by atoms with Crippen LogP contribution in [0.25, 0.3) is 0 Å². The minimum Gasteiger partial charge on any atom is -0.476 e. The van der Waals surface area contributed by atoms with Gasteiger partial charge in [0.2, 0.25) is 0 Å². The molecule has 18 heavy (non-hydrogen) atoms. The second-order valence-corrected chi connectivity index (χ2v) is 4.53. The molecule has 1 saturated carbocycles. The Kier molecular flexibility index (Phi) is 4.30. The van der Waals surface area contributed by atoms with E-state index in [0.717, 1.165) is 31.4 Å². The third kappa shape index (κ3) is 2.69. The highest BCUT2D eigenvalue weighted by molar-refractivity contribution is 5.86. The number of rotatable bonds is 7. The molecular formula is C12H19N3O3. The summed E-state index contributed by atoms with van der Waals surface area (Å²) >= 11 is 0. The van der Waals surface area contributed by atoms with Crippen molar-refractivity contribution in [2.45, 2.75) is 45.1 Å². The van der Waals surface area contributed by atoms with Gasteiger partial charge in [0.05, 0.1) is 5.69 Å². The van der Waals surface area contributed by atoms with Crippen LogP contribution in [-0.4, -0.2) is 39.3 Å².